The number of ether oxygens (including phenoxy) is 1. The van der Waals surface area contributed by atoms with Crippen LogP contribution in [0.3, 0.4) is 0 Å². The predicted molar refractivity (Wildman–Crippen MR) is 69.3 cm³/mol. The summed E-state index contributed by atoms with van der Waals surface area (Å²) in [6.07, 6.45) is 6.86. The van der Waals surface area contributed by atoms with Crippen molar-refractivity contribution in [2.24, 2.45) is 0 Å². The van der Waals surface area contributed by atoms with Crippen molar-refractivity contribution in [3.8, 4) is 5.88 Å². The molecule has 1 saturated carbocycles. The zero-order valence-corrected chi connectivity index (χ0v) is 11.2. The molecule has 0 aliphatic heterocycles. The van der Waals surface area contributed by atoms with Gasteiger partial charge in [0.2, 0.25) is 5.88 Å². The number of nitrogens with one attached hydrogen (secondary N) is 1. The van der Waals surface area contributed by atoms with Crippen molar-refractivity contribution in [1.29, 1.82) is 0 Å². The number of pyridine rings is 1. The highest BCUT2D eigenvalue weighted by atomic mass is 79.9. The Kier molecular flexibility index (Phi) is 2.78. The highest BCUT2D eigenvalue weighted by Crippen LogP contribution is 2.40. The van der Waals surface area contributed by atoms with E-state index in [4.69, 9.17) is 4.74 Å². The fraction of sp³-hybridized carbons (Fsp3) is 0.500. The molecule has 1 N–H and O–H groups in total. The molecule has 2 aromatic rings. The third-order valence-electron chi connectivity index (χ3n) is 3.48. The van der Waals surface area contributed by atoms with Crippen LogP contribution in [-0.4, -0.2) is 22.3 Å². The van der Waals surface area contributed by atoms with E-state index in [-0.39, 0.29) is 0 Å². The second-order valence-electron chi connectivity index (χ2n) is 4.46. The number of rotatable bonds is 2. The first-order valence-corrected chi connectivity index (χ1v) is 6.67. The summed E-state index contributed by atoms with van der Waals surface area (Å²) in [4.78, 5) is 4.22. The molecule has 0 spiro atoms. The Bertz CT molecular complexity index is 546. The second kappa shape index (κ2) is 4.29. The number of halogens is 1. The smallest absolute Gasteiger partial charge is 0.239 e. The van der Waals surface area contributed by atoms with E-state index >= 15 is 0 Å². The second-order valence-corrected chi connectivity index (χ2v) is 5.31. The molecule has 1 aliphatic rings. The van der Waals surface area contributed by atoms with Gasteiger partial charge in [0.1, 0.15) is 5.52 Å². The van der Waals surface area contributed by atoms with Crippen LogP contribution in [0.1, 0.15) is 37.3 Å². The van der Waals surface area contributed by atoms with Gasteiger partial charge in [-0.05, 0) is 28.8 Å². The summed E-state index contributed by atoms with van der Waals surface area (Å²) in [5.41, 5.74) is 2.05. The fourth-order valence-electron chi connectivity index (χ4n) is 2.65. The molecule has 0 amide bonds. The molecule has 0 radical (unpaired) electrons. The summed E-state index contributed by atoms with van der Waals surface area (Å²) >= 11 is 3.56. The fourth-order valence-corrected chi connectivity index (χ4v) is 3.15. The Morgan fingerprint density at radius 1 is 1.41 bits per heavy atom. The van der Waals surface area contributed by atoms with E-state index in [2.05, 4.69) is 31.1 Å². The molecule has 1 aliphatic carbocycles. The molecule has 0 atom stereocenters. The van der Waals surface area contributed by atoms with Gasteiger partial charge in [-0.2, -0.15) is 5.10 Å². The Morgan fingerprint density at radius 3 is 2.88 bits per heavy atom. The molecule has 2 aromatic heterocycles. The summed E-state index contributed by atoms with van der Waals surface area (Å²) < 4.78 is 6.25. The van der Waals surface area contributed by atoms with E-state index in [0.717, 1.165) is 21.1 Å². The summed E-state index contributed by atoms with van der Waals surface area (Å²) in [6.45, 7) is 0. The molecular formula is C12H14BrN3O. The van der Waals surface area contributed by atoms with Gasteiger partial charge in [-0.1, -0.05) is 12.8 Å². The van der Waals surface area contributed by atoms with Crippen LogP contribution in [0.15, 0.2) is 10.7 Å². The number of H-pyrrole nitrogens is 1. The van der Waals surface area contributed by atoms with E-state index in [1.54, 1.807) is 13.3 Å². The van der Waals surface area contributed by atoms with Crippen molar-refractivity contribution in [1.82, 2.24) is 15.2 Å². The average Bonchev–Trinajstić information content (AvgIpc) is 2.98. The first kappa shape index (κ1) is 11.0. The maximum absolute atomic E-state index is 5.26. The Morgan fingerprint density at radius 2 is 2.18 bits per heavy atom. The van der Waals surface area contributed by atoms with E-state index in [1.807, 2.05) is 0 Å². The number of nitrogens with zero attached hydrogens (tertiary/aromatic N) is 2. The number of fused-ring (bicyclic) bond motifs is 1. The molecule has 0 aromatic carbocycles. The topological polar surface area (TPSA) is 50.8 Å². The molecule has 4 nitrogen and oxygen atoms in total. The van der Waals surface area contributed by atoms with Crippen LogP contribution in [0.5, 0.6) is 5.88 Å². The van der Waals surface area contributed by atoms with Gasteiger partial charge < -0.3 is 4.74 Å². The normalized spacial score (nSPS) is 16.8. The molecule has 17 heavy (non-hydrogen) atoms. The average molecular weight is 296 g/mol. The van der Waals surface area contributed by atoms with Crippen LogP contribution in [0, 0.1) is 0 Å². The van der Waals surface area contributed by atoms with Gasteiger partial charge >= 0.3 is 0 Å². The van der Waals surface area contributed by atoms with Crippen molar-refractivity contribution >= 4 is 26.8 Å². The standard InChI is InChI=1S/C12H14BrN3O/c1-17-12-11-9(8(13)6-14-12)10(15-16-11)7-4-2-3-5-7/h6-7H,2-5H2,1H3,(H,15,16). The third-order valence-corrected chi connectivity index (χ3v) is 4.08. The largest absolute Gasteiger partial charge is 0.479 e. The third kappa shape index (κ3) is 1.73. The predicted octanol–water partition coefficient (Wildman–Crippen LogP) is 3.39. The summed E-state index contributed by atoms with van der Waals surface area (Å²) in [5, 5.41) is 8.66. The van der Waals surface area contributed by atoms with Crippen molar-refractivity contribution in [2.45, 2.75) is 31.6 Å². The van der Waals surface area contributed by atoms with Gasteiger partial charge in [0.25, 0.3) is 0 Å². The van der Waals surface area contributed by atoms with Crippen LogP contribution in [0.25, 0.3) is 10.9 Å². The summed E-state index contributed by atoms with van der Waals surface area (Å²) in [6, 6.07) is 0. The molecule has 1 fully saturated rings. The Labute approximate surface area is 108 Å². The first-order valence-electron chi connectivity index (χ1n) is 5.87. The number of hydrogen-bond acceptors (Lipinski definition) is 3. The zero-order valence-electron chi connectivity index (χ0n) is 9.66. The number of hydrogen-bond donors (Lipinski definition) is 1. The Hall–Kier alpha value is -1.10. The van der Waals surface area contributed by atoms with Crippen LogP contribution in [-0.2, 0) is 0 Å². The van der Waals surface area contributed by atoms with Gasteiger partial charge in [-0.25, -0.2) is 4.98 Å². The number of methoxy groups -OCH3 is 1. The van der Waals surface area contributed by atoms with Gasteiger partial charge in [-0.3, -0.25) is 5.10 Å². The van der Waals surface area contributed by atoms with Crippen molar-refractivity contribution in [2.75, 3.05) is 7.11 Å². The number of aromatic amines is 1. The number of aromatic nitrogens is 3. The summed E-state index contributed by atoms with van der Waals surface area (Å²) in [7, 11) is 1.63. The molecule has 3 rings (SSSR count). The van der Waals surface area contributed by atoms with Crippen LogP contribution in [0.4, 0.5) is 0 Å². The molecular weight excluding hydrogens is 282 g/mol. The van der Waals surface area contributed by atoms with Crippen LogP contribution >= 0.6 is 15.9 Å². The lowest BCUT2D eigenvalue weighted by Crippen LogP contribution is -1.94. The lowest BCUT2D eigenvalue weighted by Gasteiger charge is -2.07. The lowest BCUT2D eigenvalue weighted by molar-refractivity contribution is 0.402. The highest BCUT2D eigenvalue weighted by molar-refractivity contribution is 9.10. The molecule has 0 unspecified atom stereocenters. The van der Waals surface area contributed by atoms with Crippen LogP contribution in [0.2, 0.25) is 0 Å². The first-order chi connectivity index (χ1) is 8.31. The molecule has 5 heteroatoms. The van der Waals surface area contributed by atoms with E-state index < -0.39 is 0 Å². The van der Waals surface area contributed by atoms with E-state index in [9.17, 15) is 0 Å². The minimum Gasteiger partial charge on any atom is -0.479 e. The van der Waals surface area contributed by atoms with Crippen molar-refractivity contribution in [3.05, 3.63) is 16.4 Å². The van der Waals surface area contributed by atoms with Gasteiger partial charge in [0.05, 0.1) is 12.8 Å². The minimum absolute atomic E-state index is 0.576. The Balaban J connectivity index is 2.19. The maximum Gasteiger partial charge on any atom is 0.239 e. The molecule has 90 valence electrons. The SMILES string of the molecule is COc1ncc(Br)c2c(C3CCCC3)n[nH]c12. The molecule has 0 saturated heterocycles. The monoisotopic (exact) mass is 295 g/mol. The highest BCUT2D eigenvalue weighted by Gasteiger charge is 2.24. The molecule has 0 bridgehead atoms. The lowest BCUT2D eigenvalue weighted by atomic mass is 10.0. The maximum atomic E-state index is 5.26. The van der Waals surface area contributed by atoms with Crippen LogP contribution < -0.4 is 4.74 Å². The van der Waals surface area contributed by atoms with Gasteiger partial charge in [-0.15, -0.1) is 0 Å². The van der Waals surface area contributed by atoms with E-state index in [0.29, 0.717) is 11.8 Å². The van der Waals surface area contributed by atoms with Crippen molar-refractivity contribution < 1.29 is 4.74 Å². The summed E-state index contributed by atoms with van der Waals surface area (Å²) in [5.74, 6) is 1.19. The van der Waals surface area contributed by atoms with Gasteiger partial charge in [0.15, 0.2) is 0 Å². The molecule has 2 heterocycles. The van der Waals surface area contributed by atoms with Gasteiger partial charge in [0, 0.05) is 22.0 Å². The van der Waals surface area contributed by atoms with Crippen molar-refractivity contribution in [3.63, 3.8) is 0 Å². The quantitative estimate of drug-likeness (QED) is 0.924. The minimum atomic E-state index is 0.576. The van der Waals surface area contributed by atoms with E-state index in [1.165, 1.54) is 25.7 Å². The zero-order chi connectivity index (χ0) is 11.8.